The zero-order valence-corrected chi connectivity index (χ0v) is 12.9. The number of aliphatic imine (C=N–C) groups is 1. The van der Waals surface area contributed by atoms with E-state index in [0.29, 0.717) is 5.92 Å². The SMILES string of the molecule is CCNC(=NCC(CC)CC)NCCN(C)CC. The third-order valence-corrected chi connectivity index (χ3v) is 3.33. The average Bonchev–Trinajstić information content (AvgIpc) is 2.39. The lowest BCUT2D eigenvalue weighted by Crippen LogP contribution is -2.41. The van der Waals surface area contributed by atoms with Gasteiger partial charge in [0.15, 0.2) is 5.96 Å². The smallest absolute Gasteiger partial charge is 0.191 e. The van der Waals surface area contributed by atoms with E-state index in [1.165, 1.54) is 12.8 Å². The maximum Gasteiger partial charge on any atom is 0.191 e. The van der Waals surface area contributed by atoms with Crippen molar-refractivity contribution in [2.75, 3.05) is 39.8 Å². The summed E-state index contributed by atoms with van der Waals surface area (Å²) in [5, 5.41) is 6.68. The van der Waals surface area contributed by atoms with Gasteiger partial charge in [0.2, 0.25) is 0 Å². The second kappa shape index (κ2) is 11.3. The summed E-state index contributed by atoms with van der Waals surface area (Å²) in [7, 11) is 2.13. The minimum atomic E-state index is 0.707. The van der Waals surface area contributed by atoms with Crippen molar-refractivity contribution < 1.29 is 0 Å². The molecule has 0 rings (SSSR count). The highest BCUT2D eigenvalue weighted by Crippen LogP contribution is 2.06. The Labute approximate surface area is 113 Å². The third kappa shape index (κ3) is 8.34. The fourth-order valence-corrected chi connectivity index (χ4v) is 1.63. The van der Waals surface area contributed by atoms with Crippen molar-refractivity contribution in [3.63, 3.8) is 0 Å². The molecular formula is C14H32N4. The molecule has 0 aromatic heterocycles. The van der Waals surface area contributed by atoms with E-state index >= 15 is 0 Å². The number of hydrogen-bond donors (Lipinski definition) is 2. The van der Waals surface area contributed by atoms with Crippen LogP contribution in [0.1, 0.15) is 40.5 Å². The molecular weight excluding hydrogens is 224 g/mol. The van der Waals surface area contributed by atoms with Crippen molar-refractivity contribution in [1.82, 2.24) is 15.5 Å². The first-order chi connectivity index (χ1) is 8.67. The first-order valence-corrected chi connectivity index (χ1v) is 7.38. The summed E-state index contributed by atoms with van der Waals surface area (Å²) in [5.41, 5.74) is 0. The first kappa shape index (κ1) is 17.2. The lowest BCUT2D eigenvalue weighted by Gasteiger charge is -2.17. The molecule has 0 heterocycles. The predicted octanol–water partition coefficient (Wildman–Crippen LogP) is 1.93. The zero-order chi connectivity index (χ0) is 13.8. The molecule has 0 saturated heterocycles. The molecule has 0 unspecified atom stereocenters. The van der Waals surface area contributed by atoms with Gasteiger partial charge in [0, 0.05) is 26.2 Å². The first-order valence-electron chi connectivity index (χ1n) is 7.38. The standard InChI is InChI=1S/C14H32N4/c1-6-13(7-2)12-17-14(15-8-3)16-10-11-18(5)9-4/h13H,6-12H2,1-5H3,(H2,15,16,17). The summed E-state index contributed by atoms with van der Waals surface area (Å²) in [4.78, 5) is 6.94. The summed E-state index contributed by atoms with van der Waals surface area (Å²) >= 11 is 0. The Balaban J connectivity index is 4.07. The maximum absolute atomic E-state index is 4.65. The molecule has 0 bridgehead atoms. The third-order valence-electron chi connectivity index (χ3n) is 3.33. The maximum atomic E-state index is 4.65. The number of likely N-dealkylation sites (N-methyl/N-ethyl adjacent to an activating group) is 1. The van der Waals surface area contributed by atoms with Crippen molar-refractivity contribution >= 4 is 5.96 Å². The molecule has 2 N–H and O–H groups in total. The van der Waals surface area contributed by atoms with Gasteiger partial charge >= 0.3 is 0 Å². The van der Waals surface area contributed by atoms with E-state index in [-0.39, 0.29) is 0 Å². The highest BCUT2D eigenvalue weighted by molar-refractivity contribution is 5.79. The topological polar surface area (TPSA) is 39.7 Å². The van der Waals surface area contributed by atoms with E-state index in [4.69, 9.17) is 0 Å². The lowest BCUT2D eigenvalue weighted by molar-refractivity contribution is 0.357. The molecule has 108 valence electrons. The van der Waals surface area contributed by atoms with Gasteiger partial charge in [-0.3, -0.25) is 4.99 Å². The number of hydrogen-bond acceptors (Lipinski definition) is 2. The number of nitrogens with one attached hydrogen (secondary N) is 2. The number of nitrogens with zero attached hydrogens (tertiary/aromatic N) is 2. The van der Waals surface area contributed by atoms with Gasteiger partial charge in [-0.1, -0.05) is 33.6 Å². The van der Waals surface area contributed by atoms with Crippen molar-refractivity contribution in [3.8, 4) is 0 Å². The summed E-state index contributed by atoms with van der Waals surface area (Å²) in [6, 6.07) is 0. The van der Waals surface area contributed by atoms with E-state index in [1.807, 2.05) is 0 Å². The van der Waals surface area contributed by atoms with E-state index in [1.54, 1.807) is 0 Å². The summed E-state index contributed by atoms with van der Waals surface area (Å²) in [6.45, 7) is 13.7. The van der Waals surface area contributed by atoms with Crippen molar-refractivity contribution in [1.29, 1.82) is 0 Å². The van der Waals surface area contributed by atoms with Gasteiger partial charge in [-0.15, -0.1) is 0 Å². The van der Waals surface area contributed by atoms with Crippen LogP contribution in [0.15, 0.2) is 4.99 Å². The van der Waals surface area contributed by atoms with Gasteiger partial charge in [-0.05, 0) is 26.4 Å². The Kier molecular flexibility index (Phi) is 10.8. The quantitative estimate of drug-likeness (QED) is 0.489. The number of guanidine groups is 1. The zero-order valence-electron chi connectivity index (χ0n) is 12.9. The molecule has 0 saturated carbocycles. The largest absolute Gasteiger partial charge is 0.357 e. The molecule has 0 amide bonds. The van der Waals surface area contributed by atoms with Gasteiger partial charge in [0.25, 0.3) is 0 Å². The van der Waals surface area contributed by atoms with Crippen LogP contribution in [0.2, 0.25) is 0 Å². The van der Waals surface area contributed by atoms with Crippen molar-refractivity contribution in [2.24, 2.45) is 10.9 Å². The average molecular weight is 256 g/mol. The van der Waals surface area contributed by atoms with Crippen molar-refractivity contribution in [3.05, 3.63) is 0 Å². The van der Waals surface area contributed by atoms with Gasteiger partial charge in [-0.25, -0.2) is 0 Å². The number of rotatable bonds is 9. The molecule has 0 fully saturated rings. The second-order valence-electron chi connectivity index (χ2n) is 4.72. The Morgan fingerprint density at radius 1 is 1.11 bits per heavy atom. The molecule has 0 aromatic rings. The predicted molar refractivity (Wildman–Crippen MR) is 81.2 cm³/mol. The van der Waals surface area contributed by atoms with Crippen LogP contribution in [-0.4, -0.2) is 50.6 Å². The lowest BCUT2D eigenvalue weighted by atomic mass is 10.0. The van der Waals surface area contributed by atoms with Crippen LogP contribution in [-0.2, 0) is 0 Å². The summed E-state index contributed by atoms with van der Waals surface area (Å²) in [5.74, 6) is 1.66. The van der Waals surface area contributed by atoms with Crippen LogP contribution in [0.25, 0.3) is 0 Å². The Morgan fingerprint density at radius 2 is 1.78 bits per heavy atom. The molecule has 0 spiro atoms. The molecule has 18 heavy (non-hydrogen) atoms. The molecule has 4 nitrogen and oxygen atoms in total. The van der Waals surface area contributed by atoms with Crippen molar-refractivity contribution in [2.45, 2.75) is 40.5 Å². The van der Waals surface area contributed by atoms with Crippen LogP contribution in [0, 0.1) is 5.92 Å². The van der Waals surface area contributed by atoms with E-state index in [0.717, 1.165) is 38.7 Å². The molecule has 0 radical (unpaired) electrons. The van der Waals surface area contributed by atoms with Crippen LogP contribution in [0.5, 0.6) is 0 Å². The van der Waals surface area contributed by atoms with Gasteiger partial charge in [0.1, 0.15) is 0 Å². The summed E-state index contributed by atoms with van der Waals surface area (Å²) < 4.78 is 0. The second-order valence-corrected chi connectivity index (χ2v) is 4.72. The molecule has 0 aliphatic carbocycles. The van der Waals surface area contributed by atoms with Gasteiger partial charge in [-0.2, -0.15) is 0 Å². The minimum absolute atomic E-state index is 0.707. The van der Waals surface area contributed by atoms with Crippen LogP contribution in [0.4, 0.5) is 0 Å². The Morgan fingerprint density at radius 3 is 2.28 bits per heavy atom. The Bertz CT molecular complexity index is 212. The fraction of sp³-hybridized carbons (Fsp3) is 0.929. The van der Waals surface area contributed by atoms with Crippen LogP contribution < -0.4 is 10.6 Å². The molecule has 4 heteroatoms. The minimum Gasteiger partial charge on any atom is -0.357 e. The molecule has 0 aliphatic heterocycles. The van der Waals surface area contributed by atoms with E-state index in [2.05, 4.69) is 55.3 Å². The highest BCUT2D eigenvalue weighted by atomic mass is 15.2. The van der Waals surface area contributed by atoms with E-state index in [9.17, 15) is 0 Å². The van der Waals surface area contributed by atoms with Crippen LogP contribution in [0.3, 0.4) is 0 Å². The molecule has 0 atom stereocenters. The van der Waals surface area contributed by atoms with Gasteiger partial charge < -0.3 is 15.5 Å². The van der Waals surface area contributed by atoms with E-state index < -0.39 is 0 Å². The fourth-order valence-electron chi connectivity index (χ4n) is 1.63. The Hall–Kier alpha value is -0.770. The normalized spacial score (nSPS) is 12.3. The monoisotopic (exact) mass is 256 g/mol. The van der Waals surface area contributed by atoms with Crippen LogP contribution >= 0.6 is 0 Å². The molecule has 0 aromatic carbocycles. The highest BCUT2D eigenvalue weighted by Gasteiger charge is 2.03. The molecule has 0 aliphatic rings. The van der Waals surface area contributed by atoms with Gasteiger partial charge in [0.05, 0.1) is 0 Å². The summed E-state index contributed by atoms with van der Waals surface area (Å²) in [6.07, 6.45) is 2.41.